The standard InChI is InChI=1S/C12H10ClF3N2OS/c13-10-3-2-8(6-9(10)12(14,15)16)20-7-11(19)18-5-1-4-17/h2-3,6H,1,5,7H2,(H,18,19). The first kappa shape index (κ1) is 16.7. The van der Waals surface area contributed by atoms with Gasteiger partial charge in [0.15, 0.2) is 0 Å². The predicted octanol–water partition coefficient (Wildman–Crippen LogP) is 3.48. The molecule has 3 nitrogen and oxygen atoms in total. The maximum Gasteiger partial charge on any atom is 0.417 e. The average Bonchev–Trinajstić information content (AvgIpc) is 2.36. The maximum absolute atomic E-state index is 12.6. The molecule has 0 aliphatic rings. The highest BCUT2D eigenvalue weighted by Gasteiger charge is 2.33. The van der Waals surface area contributed by atoms with Crippen LogP contribution in [-0.2, 0) is 11.0 Å². The number of alkyl halides is 3. The third-order valence-electron chi connectivity index (χ3n) is 2.17. The van der Waals surface area contributed by atoms with Gasteiger partial charge in [0.25, 0.3) is 0 Å². The third kappa shape index (κ3) is 5.31. The Hall–Kier alpha value is -1.39. The van der Waals surface area contributed by atoms with E-state index in [4.69, 9.17) is 16.9 Å². The number of nitrogens with zero attached hydrogens (tertiary/aromatic N) is 1. The minimum absolute atomic E-state index is 0.0235. The molecule has 0 fully saturated rings. The molecule has 0 unspecified atom stereocenters. The van der Waals surface area contributed by atoms with Gasteiger partial charge >= 0.3 is 6.18 Å². The molecular formula is C12H10ClF3N2OS. The molecule has 1 aromatic carbocycles. The molecule has 1 N–H and O–H groups in total. The van der Waals surface area contributed by atoms with Gasteiger partial charge in [-0.15, -0.1) is 11.8 Å². The summed E-state index contributed by atoms with van der Waals surface area (Å²) < 4.78 is 37.9. The van der Waals surface area contributed by atoms with Crippen molar-refractivity contribution in [2.24, 2.45) is 0 Å². The molecule has 0 saturated heterocycles. The molecule has 1 aromatic rings. The number of hydrogen-bond acceptors (Lipinski definition) is 3. The molecule has 20 heavy (non-hydrogen) atoms. The van der Waals surface area contributed by atoms with E-state index in [1.54, 1.807) is 0 Å². The number of benzene rings is 1. The molecule has 0 aliphatic carbocycles. The van der Waals surface area contributed by atoms with Gasteiger partial charge in [0.2, 0.25) is 5.91 Å². The van der Waals surface area contributed by atoms with E-state index >= 15 is 0 Å². The Morgan fingerprint density at radius 3 is 2.75 bits per heavy atom. The van der Waals surface area contributed by atoms with Crippen LogP contribution in [-0.4, -0.2) is 18.2 Å². The van der Waals surface area contributed by atoms with Crippen LogP contribution in [0.5, 0.6) is 0 Å². The summed E-state index contributed by atoms with van der Waals surface area (Å²) in [7, 11) is 0. The van der Waals surface area contributed by atoms with Gasteiger partial charge in [-0.1, -0.05) is 11.6 Å². The van der Waals surface area contributed by atoms with E-state index in [1.165, 1.54) is 6.07 Å². The van der Waals surface area contributed by atoms with Crippen LogP contribution in [0.2, 0.25) is 5.02 Å². The van der Waals surface area contributed by atoms with Crippen molar-refractivity contribution in [3.05, 3.63) is 28.8 Å². The van der Waals surface area contributed by atoms with Crippen LogP contribution in [0.4, 0.5) is 13.2 Å². The van der Waals surface area contributed by atoms with Gasteiger partial charge in [-0.25, -0.2) is 0 Å². The minimum Gasteiger partial charge on any atom is -0.354 e. The van der Waals surface area contributed by atoms with E-state index < -0.39 is 11.7 Å². The zero-order valence-corrected chi connectivity index (χ0v) is 11.7. The van der Waals surface area contributed by atoms with Gasteiger partial charge in [0.1, 0.15) is 0 Å². The summed E-state index contributed by atoms with van der Waals surface area (Å²) in [5.41, 5.74) is -0.922. The maximum atomic E-state index is 12.6. The SMILES string of the molecule is N#CCCNC(=O)CSc1ccc(Cl)c(C(F)(F)F)c1. The van der Waals surface area contributed by atoms with Gasteiger partial charge < -0.3 is 5.32 Å². The zero-order chi connectivity index (χ0) is 15.2. The average molecular weight is 323 g/mol. The minimum atomic E-state index is -4.53. The van der Waals surface area contributed by atoms with Crippen molar-refractivity contribution in [1.82, 2.24) is 5.32 Å². The molecule has 0 heterocycles. The van der Waals surface area contributed by atoms with Crippen molar-refractivity contribution in [1.29, 1.82) is 5.26 Å². The van der Waals surface area contributed by atoms with E-state index in [9.17, 15) is 18.0 Å². The summed E-state index contributed by atoms with van der Waals surface area (Å²) in [6, 6.07) is 5.35. The number of thioether (sulfide) groups is 1. The van der Waals surface area contributed by atoms with Gasteiger partial charge in [0.05, 0.1) is 28.8 Å². The number of nitriles is 1. The molecule has 1 rings (SSSR count). The molecule has 0 spiro atoms. The third-order valence-corrected chi connectivity index (χ3v) is 3.50. The molecule has 0 bridgehead atoms. The molecule has 0 aliphatic heterocycles. The molecule has 8 heteroatoms. The first-order valence-electron chi connectivity index (χ1n) is 5.48. The summed E-state index contributed by atoms with van der Waals surface area (Å²) in [5, 5.41) is 10.4. The summed E-state index contributed by atoms with van der Waals surface area (Å²) in [6.07, 6.45) is -4.34. The van der Waals surface area contributed by atoms with Gasteiger partial charge in [0, 0.05) is 11.4 Å². The lowest BCUT2D eigenvalue weighted by molar-refractivity contribution is -0.137. The van der Waals surface area contributed by atoms with E-state index in [0.29, 0.717) is 4.90 Å². The Balaban J connectivity index is 2.61. The summed E-state index contributed by atoms with van der Waals surface area (Å²) >= 11 is 6.46. The number of halogens is 4. The largest absolute Gasteiger partial charge is 0.417 e. The second kappa shape index (κ2) is 7.41. The molecule has 0 radical (unpaired) electrons. The Morgan fingerprint density at radius 2 is 2.15 bits per heavy atom. The molecule has 0 atom stereocenters. The number of nitrogens with one attached hydrogen (secondary N) is 1. The molecule has 0 aromatic heterocycles. The van der Waals surface area contributed by atoms with E-state index in [2.05, 4.69) is 5.32 Å². The first-order valence-corrected chi connectivity index (χ1v) is 6.84. The number of carbonyl (C=O) groups excluding carboxylic acids is 1. The van der Waals surface area contributed by atoms with Gasteiger partial charge in [-0.3, -0.25) is 4.79 Å². The summed E-state index contributed by atoms with van der Waals surface area (Å²) in [6.45, 7) is 0.227. The molecule has 1 amide bonds. The van der Waals surface area contributed by atoms with Crippen molar-refractivity contribution in [2.75, 3.05) is 12.3 Å². The van der Waals surface area contributed by atoms with Crippen LogP contribution in [0.25, 0.3) is 0 Å². The number of carbonyl (C=O) groups is 1. The van der Waals surface area contributed by atoms with Crippen molar-refractivity contribution >= 4 is 29.3 Å². The van der Waals surface area contributed by atoms with E-state index in [1.807, 2.05) is 6.07 Å². The molecule has 0 saturated carbocycles. The quantitative estimate of drug-likeness (QED) is 0.667. The van der Waals surface area contributed by atoms with Crippen molar-refractivity contribution in [3.63, 3.8) is 0 Å². The smallest absolute Gasteiger partial charge is 0.354 e. The van der Waals surface area contributed by atoms with Crippen LogP contribution in [0.15, 0.2) is 23.1 Å². The van der Waals surface area contributed by atoms with Crippen LogP contribution >= 0.6 is 23.4 Å². The second-order valence-corrected chi connectivity index (χ2v) is 5.14. The van der Waals surface area contributed by atoms with Crippen molar-refractivity contribution < 1.29 is 18.0 Å². The number of amides is 1. The van der Waals surface area contributed by atoms with Crippen LogP contribution in [0.3, 0.4) is 0 Å². The fourth-order valence-corrected chi connectivity index (χ4v) is 2.26. The summed E-state index contributed by atoms with van der Waals surface area (Å²) in [5.74, 6) is -0.363. The Labute approximate surface area is 123 Å². The topological polar surface area (TPSA) is 52.9 Å². The summed E-state index contributed by atoms with van der Waals surface area (Å²) in [4.78, 5) is 11.7. The van der Waals surface area contributed by atoms with Crippen molar-refractivity contribution in [3.8, 4) is 6.07 Å². The monoisotopic (exact) mass is 322 g/mol. The number of rotatable bonds is 5. The zero-order valence-electron chi connectivity index (χ0n) is 10.1. The Morgan fingerprint density at radius 1 is 1.45 bits per heavy atom. The lowest BCUT2D eigenvalue weighted by Gasteiger charge is -2.10. The van der Waals surface area contributed by atoms with Crippen LogP contribution in [0.1, 0.15) is 12.0 Å². The fraction of sp³-hybridized carbons (Fsp3) is 0.333. The second-order valence-electron chi connectivity index (χ2n) is 3.69. The number of hydrogen-bond donors (Lipinski definition) is 1. The highest BCUT2D eigenvalue weighted by molar-refractivity contribution is 8.00. The first-order chi connectivity index (χ1) is 9.34. The Bertz CT molecular complexity index is 528. The molecular weight excluding hydrogens is 313 g/mol. The van der Waals surface area contributed by atoms with Gasteiger partial charge in [-0.2, -0.15) is 18.4 Å². The lowest BCUT2D eigenvalue weighted by atomic mass is 10.2. The van der Waals surface area contributed by atoms with Crippen molar-refractivity contribution in [2.45, 2.75) is 17.5 Å². The van der Waals surface area contributed by atoms with Crippen LogP contribution in [0, 0.1) is 11.3 Å². The van der Waals surface area contributed by atoms with Crippen LogP contribution < -0.4 is 5.32 Å². The highest BCUT2D eigenvalue weighted by Crippen LogP contribution is 2.36. The van der Waals surface area contributed by atoms with E-state index in [-0.39, 0.29) is 29.6 Å². The highest BCUT2D eigenvalue weighted by atomic mass is 35.5. The predicted molar refractivity (Wildman–Crippen MR) is 70.4 cm³/mol. The lowest BCUT2D eigenvalue weighted by Crippen LogP contribution is -2.25. The normalized spacial score (nSPS) is 10.9. The van der Waals surface area contributed by atoms with Gasteiger partial charge in [-0.05, 0) is 18.2 Å². The molecule has 108 valence electrons. The fourth-order valence-electron chi connectivity index (χ4n) is 1.27. The van der Waals surface area contributed by atoms with E-state index in [0.717, 1.165) is 23.9 Å². The Kier molecular flexibility index (Phi) is 6.17.